The Balaban J connectivity index is 2.33. The Morgan fingerprint density at radius 2 is 1.75 bits per heavy atom. The number of hydrogen-bond donors (Lipinski definition) is 1. The van der Waals surface area contributed by atoms with E-state index in [-0.39, 0.29) is 24.0 Å². The van der Waals surface area contributed by atoms with Crippen LogP contribution in [-0.4, -0.2) is 26.1 Å². The molecule has 0 bridgehead atoms. The minimum atomic E-state index is -1.00. The van der Waals surface area contributed by atoms with Crippen molar-refractivity contribution in [3.05, 3.63) is 23.8 Å². The van der Waals surface area contributed by atoms with Gasteiger partial charge in [0.05, 0.1) is 13.0 Å². The first kappa shape index (κ1) is 10.5. The number of nitrogens with zero attached hydrogens (tertiary/aromatic N) is 3. The zero-order valence-corrected chi connectivity index (χ0v) is 8.02. The largest absolute Gasteiger partial charge is 0.481 e. The molecule has 1 heterocycles. The van der Waals surface area contributed by atoms with Crippen molar-refractivity contribution in [2.24, 2.45) is 0 Å². The average molecular weight is 227 g/mol. The number of rotatable bonds is 3. The number of aliphatic carboxylic acids is 1. The molecule has 0 aliphatic heterocycles. The summed E-state index contributed by atoms with van der Waals surface area (Å²) in [6.45, 7) is 0.0627. The summed E-state index contributed by atoms with van der Waals surface area (Å²) >= 11 is 0. The van der Waals surface area contributed by atoms with E-state index in [1.165, 1.54) is 0 Å². The highest BCUT2D eigenvalue weighted by atomic mass is 19.2. The monoisotopic (exact) mass is 227 g/mol. The molecule has 0 spiro atoms. The van der Waals surface area contributed by atoms with E-state index in [1.807, 2.05) is 0 Å². The summed E-state index contributed by atoms with van der Waals surface area (Å²) in [5.74, 6) is -2.99. The highest BCUT2D eigenvalue weighted by Gasteiger charge is 2.09. The van der Waals surface area contributed by atoms with Crippen molar-refractivity contribution < 1.29 is 18.7 Å². The highest BCUT2D eigenvalue weighted by molar-refractivity contribution is 5.73. The lowest BCUT2D eigenvalue weighted by molar-refractivity contribution is -0.137. The number of carbonyl (C=O) groups is 1. The van der Waals surface area contributed by atoms with Gasteiger partial charge in [0, 0.05) is 12.1 Å². The third-order valence-corrected chi connectivity index (χ3v) is 1.99. The summed E-state index contributed by atoms with van der Waals surface area (Å²) < 4.78 is 25.7. The molecule has 1 aromatic heterocycles. The minimum Gasteiger partial charge on any atom is -0.481 e. The van der Waals surface area contributed by atoms with Crippen molar-refractivity contribution in [2.45, 2.75) is 13.0 Å². The lowest BCUT2D eigenvalue weighted by atomic mass is 10.3. The van der Waals surface area contributed by atoms with Crippen molar-refractivity contribution in [1.82, 2.24) is 15.0 Å². The number of aryl methyl sites for hydroxylation is 1. The van der Waals surface area contributed by atoms with Crippen molar-refractivity contribution in [1.29, 1.82) is 0 Å². The number of fused-ring (bicyclic) bond motifs is 1. The fourth-order valence-corrected chi connectivity index (χ4v) is 1.25. The van der Waals surface area contributed by atoms with E-state index in [9.17, 15) is 13.6 Å². The quantitative estimate of drug-likeness (QED) is 0.854. The summed E-state index contributed by atoms with van der Waals surface area (Å²) in [6, 6.07) is 1.85. The van der Waals surface area contributed by atoms with Crippen LogP contribution < -0.4 is 0 Å². The molecule has 0 atom stereocenters. The molecule has 1 aromatic carbocycles. The second-order valence-corrected chi connectivity index (χ2v) is 3.19. The van der Waals surface area contributed by atoms with E-state index < -0.39 is 17.6 Å². The lowest BCUT2D eigenvalue weighted by Crippen LogP contribution is -2.07. The van der Waals surface area contributed by atoms with Crippen LogP contribution in [-0.2, 0) is 11.3 Å². The molecule has 5 nitrogen and oxygen atoms in total. The molecule has 0 unspecified atom stereocenters. The van der Waals surface area contributed by atoms with Crippen LogP contribution in [0.2, 0.25) is 0 Å². The first-order chi connectivity index (χ1) is 7.56. The number of aromatic nitrogens is 3. The maximum atomic E-state index is 12.8. The van der Waals surface area contributed by atoms with E-state index in [0.29, 0.717) is 0 Å². The molecule has 0 aliphatic carbocycles. The molecule has 1 N–H and O–H groups in total. The van der Waals surface area contributed by atoms with Crippen LogP contribution in [0.4, 0.5) is 8.78 Å². The Morgan fingerprint density at radius 1 is 1.25 bits per heavy atom. The zero-order chi connectivity index (χ0) is 11.7. The maximum absolute atomic E-state index is 12.8. The van der Waals surface area contributed by atoms with Gasteiger partial charge in [-0.05, 0) is 0 Å². The van der Waals surface area contributed by atoms with Crippen LogP contribution in [0.1, 0.15) is 6.42 Å². The van der Waals surface area contributed by atoms with Crippen LogP contribution >= 0.6 is 0 Å². The van der Waals surface area contributed by atoms with Gasteiger partial charge >= 0.3 is 5.97 Å². The van der Waals surface area contributed by atoms with Gasteiger partial charge in [-0.25, -0.2) is 8.78 Å². The topological polar surface area (TPSA) is 68.0 Å². The fraction of sp³-hybridized carbons (Fsp3) is 0.222. The Labute approximate surface area is 88.3 Å². The highest BCUT2D eigenvalue weighted by Crippen LogP contribution is 2.14. The second-order valence-electron chi connectivity index (χ2n) is 3.19. The number of halogens is 2. The molecule has 16 heavy (non-hydrogen) atoms. The molecule has 0 saturated carbocycles. The number of hydrogen-bond acceptors (Lipinski definition) is 3. The summed E-state index contributed by atoms with van der Waals surface area (Å²) in [5.41, 5.74) is 0.397. The Hall–Kier alpha value is -2.05. The van der Waals surface area contributed by atoms with Crippen LogP contribution in [0.5, 0.6) is 0 Å². The first-order valence-corrected chi connectivity index (χ1v) is 4.48. The molecular formula is C9H7F2N3O2. The molecule has 2 rings (SSSR count). The van der Waals surface area contributed by atoms with E-state index in [2.05, 4.69) is 10.2 Å². The van der Waals surface area contributed by atoms with Gasteiger partial charge < -0.3 is 5.11 Å². The molecule has 0 amide bonds. The van der Waals surface area contributed by atoms with Gasteiger partial charge in [-0.3, -0.25) is 4.79 Å². The summed E-state index contributed by atoms with van der Waals surface area (Å²) in [7, 11) is 0. The average Bonchev–Trinajstić information content (AvgIpc) is 2.58. The Morgan fingerprint density at radius 3 is 2.19 bits per heavy atom. The Kier molecular flexibility index (Phi) is 2.51. The summed E-state index contributed by atoms with van der Waals surface area (Å²) in [4.78, 5) is 11.4. The van der Waals surface area contributed by atoms with E-state index in [4.69, 9.17) is 5.11 Å². The van der Waals surface area contributed by atoms with Gasteiger partial charge in [0.15, 0.2) is 11.6 Å². The van der Waals surface area contributed by atoms with Crippen molar-refractivity contribution in [3.63, 3.8) is 0 Å². The minimum absolute atomic E-state index is 0.0627. The normalized spacial score (nSPS) is 10.9. The third kappa shape index (κ3) is 1.97. The van der Waals surface area contributed by atoms with Gasteiger partial charge in [0.2, 0.25) is 0 Å². The molecule has 0 saturated heterocycles. The molecular weight excluding hydrogens is 220 g/mol. The predicted octanol–water partition coefficient (Wildman–Crippen LogP) is 1.18. The number of benzene rings is 1. The first-order valence-electron chi connectivity index (χ1n) is 4.48. The maximum Gasteiger partial charge on any atom is 0.305 e. The fourth-order valence-electron chi connectivity index (χ4n) is 1.25. The molecule has 7 heteroatoms. The second kappa shape index (κ2) is 3.84. The van der Waals surface area contributed by atoms with Crippen LogP contribution in [0.15, 0.2) is 12.1 Å². The van der Waals surface area contributed by atoms with Gasteiger partial charge in [-0.2, -0.15) is 15.0 Å². The lowest BCUT2D eigenvalue weighted by Gasteiger charge is -1.93. The van der Waals surface area contributed by atoms with E-state index >= 15 is 0 Å². The molecule has 0 aliphatic rings. The third-order valence-electron chi connectivity index (χ3n) is 1.99. The molecule has 0 fully saturated rings. The SMILES string of the molecule is O=C(O)CCn1nc2cc(F)c(F)cc2n1. The van der Waals surface area contributed by atoms with Gasteiger partial charge in [-0.1, -0.05) is 0 Å². The van der Waals surface area contributed by atoms with E-state index in [0.717, 1.165) is 16.9 Å². The number of carboxylic acids is 1. The van der Waals surface area contributed by atoms with Crippen LogP contribution in [0.3, 0.4) is 0 Å². The smallest absolute Gasteiger partial charge is 0.305 e. The Bertz CT molecular complexity index is 514. The van der Waals surface area contributed by atoms with Crippen molar-refractivity contribution in [3.8, 4) is 0 Å². The summed E-state index contributed by atoms with van der Waals surface area (Å²) in [5, 5.41) is 16.1. The predicted molar refractivity (Wildman–Crippen MR) is 49.7 cm³/mol. The zero-order valence-electron chi connectivity index (χ0n) is 8.02. The van der Waals surface area contributed by atoms with E-state index in [1.54, 1.807) is 0 Å². The van der Waals surface area contributed by atoms with Crippen molar-refractivity contribution >= 4 is 17.0 Å². The standard InChI is InChI=1S/C9H7F2N3O2/c10-5-3-7-8(4-6(5)11)13-14(12-7)2-1-9(15)16/h3-4H,1-2H2,(H,15,16). The molecule has 2 aromatic rings. The molecule has 0 radical (unpaired) electrons. The van der Waals surface area contributed by atoms with Crippen LogP contribution in [0.25, 0.3) is 11.0 Å². The molecule has 84 valence electrons. The van der Waals surface area contributed by atoms with Crippen molar-refractivity contribution in [2.75, 3.05) is 0 Å². The van der Waals surface area contributed by atoms with Gasteiger partial charge in [0.25, 0.3) is 0 Å². The van der Waals surface area contributed by atoms with Crippen LogP contribution in [0, 0.1) is 11.6 Å². The number of carboxylic acid groups (broad SMARTS) is 1. The summed E-state index contributed by atoms with van der Waals surface area (Å²) in [6.07, 6.45) is -0.147. The van der Waals surface area contributed by atoms with Gasteiger partial charge in [0.1, 0.15) is 11.0 Å². The van der Waals surface area contributed by atoms with Gasteiger partial charge in [-0.15, -0.1) is 0 Å².